The van der Waals surface area contributed by atoms with E-state index in [1.807, 2.05) is 19.9 Å². The lowest BCUT2D eigenvalue weighted by Gasteiger charge is -2.13. The molecule has 0 saturated heterocycles. The van der Waals surface area contributed by atoms with Gasteiger partial charge in [-0.2, -0.15) is 8.42 Å². The number of carbonyl (C=O) groups excluding carboxylic acids is 1. The Kier molecular flexibility index (Phi) is 5.89. The van der Waals surface area contributed by atoms with Gasteiger partial charge in [0.15, 0.2) is 10.4 Å². The molecule has 8 heteroatoms. The average Bonchev–Trinajstić information content (AvgIpc) is 2.87. The van der Waals surface area contributed by atoms with E-state index in [2.05, 4.69) is 16.9 Å². The summed E-state index contributed by atoms with van der Waals surface area (Å²) in [6, 6.07) is 7.79. The summed E-state index contributed by atoms with van der Waals surface area (Å²) in [7, 11) is -4.63. The molecule has 1 aromatic carbocycles. The molecule has 0 saturated carbocycles. The first-order valence-electron chi connectivity index (χ1n) is 7.32. The van der Waals surface area contributed by atoms with Crippen LogP contribution < -0.4 is 5.32 Å². The quantitative estimate of drug-likeness (QED) is 0.746. The summed E-state index contributed by atoms with van der Waals surface area (Å²) in [6.07, 6.45) is 3.44. The van der Waals surface area contributed by atoms with Crippen molar-refractivity contribution >= 4 is 44.6 Å². The molecule has 0 aliphatic heterocycles. The van der Waals surface area contributed by atoms with Crippen LogP contribution >= 0.6 is 11.3 Å². The van der Waals surface area contributed by atoms with Gasteiger partial charge in [-0.1, -0.05) is 53.8 Å². The fourth-order valence-corrected chi connectivity index (χ4v) is 4.03. The molecular formula is C17H18N2O4S2. The standard InChI is InChI=1S/C17H18N2O4S2/c1-4-13-14(10-11(2)3)24-17(18-13)19-16(20)15(25(21,22)23)12-8-6-5-7-9-12/h4-10,15H,1H2,2-3H3,(H,18,19,20)(H,21,22,23). The van der Waals surface area contributed by atoms with Crippen molar-refractivity contribution in [2.45, 2.75) is 19.1 Å². The lowest BCUT2D eigenvalue weighted by Crippen LogP contribution is -2.27. The largest absolute Gasteiger partial charge is 0.300 e. The number of allylic oxidation sites excluding steroid dienone is 1. The van der Waals surface area contributed by atoms with Gasteiger partial charge in [0.05, 0.1) is 10.6 Å². The van der Waals surface area contributed by atoms with Crippen LogP contribution in [0.4, 0.5) is 5.13 Å². The highest BCUT2D eigenvalue weighted by atomic mass is 32.2. The lowest BCUT2D eigenvalue weighted by atomic mass is 10.1. The number of carbonyl (C=O) groups is 1. The molecule has 0 radical (unpaired) electrons. The van der Waals surface area contributed by atoms with Crippen molar-refractivity contribution < 1.29 is 17.8 Å². The van der Waals surface area contributed by atoms with Gasteiger partial charge in [0.2, 0.25) is 0 Å². The molecule has 0 bridgehead atoms. The van der Waals surface area contributed by atoms with Gasteiger partial charge in [0, 0.05) is 0 Å². The van der Waals surface area contributed by atoms with Crippen LogP contribution in [0.5, 0.6) is 0 Å². The molecule has 1 amide bonds. The van der Waals surface area contributed by atoms with Crippen molar-refractivity contribution in [1.29, 1.82) is 0 Å². The molecule has 0 fully saturated rings. The number of rotatable bonds is 6. The van der Waals surface area contributed by atoms with Crippen LogP contribution in [0.3, 0.4) is 0 Å². The van der Waals surface area contributed by atoms with E-state index in [1.165, 1.54) is 23.5 Å². The second-order valence-corrected chi connectivity index (χ2v) is 8.02. The average molecular weight is 378 g/mol. The maximum absolute atomic E-state index is 12.5. The first-order valence-corrected chi connectivity index (χ1v) is 9.64. The smallest absolute Gasteiger partial charge is 0.281 e. The number of aromatic nitrogens is 1. The number of hydrogen-bond acceptors (Lipinski definition) is 5. The van der Waals surface area contributed by atoms with Crippen LogP contribution in [0.1, 0.15) is 35.2 Å². The van der Waals surface area contributed by atoms with Gasteiger partial charge in [-0.05, 0) is 31.6 Å². The van der Waals surface area contributed by atoms with Crippen molar-refractivity contribution in [3.63, 3.8) is 0 Å². The van der Waals surface area contributed by atoms with Crippen LogP contribution in [-0.2, 0) is 14.9 Å². The van der Waals surface area contributed by atoms with Gasteiger partial charge in [-0.3, -0.25) is 9.35 Å². The highest BCUT2D eigenvalue weighted by Gasteiger charge is 2.33. The van der Waals surface area contributed by atoms with Gasteiger partial charge >= 0.3 is 0 Å². The first kappa shape index (κ1) is 19.0. The van der Waals surface area contributed by atoms with Crippen molar-refractivity contribution in [2.75, 3.05) is 5.32 Å². The second kappa shape index (κ2) is 7.73. The summed E-state index contributed by atoms with van der Waals surface area (Å²) in [4.78, 5) is 17.5. The Hall–Kier alpha value is -2.29. The van der Waals surface area contributed by atoms with E-state index < -0.39 is 21.3 Å². The SMILES string of the molecule is C=Cc1nc(NC(=O)C(c2ccccc2)S(=O)(=O)O)sc1C=C(C)C. The Labute approximate surface area is 150 Å². The molecule has 0 aliphatic carbocycles. The topological polar surface area (TPSA) is 96.4 Å². The number of nitrogens with one attached hydrogen (secondary N) is 1. The Balaban J connectivity index is 2.35. The Bertz CT molecular complexity index is 911. The molecule has 6 nitrogen and oxygen atoms in total. The van der Waals surface area contributed by atoms with E-state index in [0.29, 0.717) is 5.69 Å². The first-order chi connectivity index (χ1) is 11.7. The highest BCUT2D eigenvalue weighted by Crippen LogP contribution is 2.29. The monoisotopic (exact) mass is 378 g/mol. The van der Waals surface area contributed by atoms with Crippen molar-refractivity contribution in [2.24, 2.45) is 0 Å². The van der Waals surface area contributed by atoms with Crippen LogP contribution in [0.2, 0.25) is 0 Å². The van der Waals surface area contributed by atoms with Gasteiger partial charge in [-0.25, -0.2) is 4.98 Å². The third kappa shape index (κ3) is 4.85. The summed E-state index contributed by atoms with van der Waals surface area (Å²) < 4.78 is 32.9. The molecule has 2 N–H and O–H groups in total. The molecule has 132 valence electrons. The number of nitrogens with zero attached hydrogens (tertiary/aromatic N) is 1. The van der Waals surface area contributed by atoms with Crippen molar-refractivity contribution in [3.8, 4) is 0 Å². The Morgan fingerprint density at radius 2 is 1.96 bits per heavy atom. The van der Waals surface area contributed by atoms with E-state index in [9.17, 15) is 17.8 Å². The minimum Gasteiger partial charge on any atom is -0.300 e. The minimum atomic E-state index is -4.63. The van der Waals surface area contributed by atoms with Crippen LogP contribution in [0.25, 0.3) is 12.2 Å². The number of amides is 1. The summed E-state index contributed by atoms with van der Waals surface area (Å²) in [5, 5.41) is 0.976. The van der Waals surface area contributed by atoms with E-state index >= 15 is 0 Å². The number of anilines is 1. The zero-order chi connectivity index (χ0) is 18.6. The summed E-state index contributed by atoms with van der Waals surface area (Å²) in [5.41, 5.74) is 1.81. The third-order valence-electron chi connectivity index (χ3n) is 3.16. The molecule has 1 atom stereocenters. The molecule has 2 aromatic rings. The number of hydrogen-bond donors (Lipinski definition) is 2. The third-order valence-corrected chi connectivity index (χ3v) is 5.18. The molecule has 0 aliphatic rings. The molecule has 0 spiro atoms. The minimum absolute atomic E-state index is 0.174. The van der Waals surface area contributed by atoms with Gasteiger partial charge in [-0.15, -0.1) is 0 Å². The van der Waals surface area contributed by atoms with Gasteiger partial charge in [0.1, 0.15) is 0 Å². The number of thiazole rings is 1. The summed E-state index contributed by atoms with van der Waals surface area (Å²) in [5.74, 6) is -0.873. The van der Waals surface area contributed by atoms with Gasteiger partial charge in [0.25, 0.3) is 16.0 Å². The lowest BCUT2D eigenvalue weighted by molar-refractivity contribution is -0.116. The van der Waals surface area contributed by atoms with Crippen molar-refractivity contribution in [3.05, 3.63) is 58.6 Å². The summed E-state index contributed by atoms with van der Waals surface area (Å²) in [6.45, 7) is 7.53. The Morgan fingerprint density at radius 3 is 2.48 bits per heavy atom. The maximum Gasteiger partial charge on any atom is 0.281 e. The van der Waals surface area contributed by atoms with Crippen LogP contribution in [-0.4, -0.2) is 23.9 Å². The highest BCUT2D eigenvalue weighted by molar-refractivity contribution is 7.86. The van der Waals surface area contributed by atoms with Crippen LogP contribution in [0, 0.1) is 0 Å². The van der Waals surface area contributed by atoms with Crippen LogP contribution in [0.15, 0.2) is 42.5 Å². The fourth-order valence-electron chi connectivity index (χ4n) is 2.17. The normalized spacial score (nSPS) is 12.3. The molecule has 25 heavy (non-hydrogen) atoms. The van der Waals surface area contributed by atoms with E-state index in [0.717, 1.165) is 10.5 Å². The molecule has 2 rings (SSSR count). The van der Waals surface area contributed by atoms with Crippen molar-refractivity contribution in [1.82, 2.24) is 4.98 Å². The van der Waals surface area contributed by atoms with E-state index in [-0.39, 0.29) is 10.7 Å². The fraction of sp³-hybridized carbons (Fsp3) is 0.176. The predicted molar refractivity (Wildman–Crippen MR) is 101 cm³/mol. The van der Waals surface area contributed by atoms with E-state index in [1.54, 1.807) is 24.3 Å². The van der Waals surface area contributed by atoms with Gasteiger partial charge < -0.3 is 5.32 Å². The molecule has 1 aromatic heterocycles. The molecular weight excluding hydrogens is 360 g/mol. The Morgan fingerprint density at radius 1 is 1.32 bits per heavy atom. The molecule has 1 unspecified atom stereocenters. The predicted octanol–water partition coefficient (Wildman–Crippen LogP) is 3.78. The van der Waals surface area contributed by atoms with E-state index in [4.69, 9.17) is 0 Å². The second-order valence-electron chi connectivity index (χ2n) is 5.49. The summed E-state index contributed by atoms with van der Waals surface area (Å²) >= 11 is 1.20. The zero-order valence-electron chi connectivity index (χ0n) is 13.8. The number of benzene rings is 1. The molecule has 1 heterocycles. The maximum atomic E-state index is 12.5. The zero-order valence-corrected chi connectivity index (χ0v) is 15.4.